The minimum Gasteiger partial charge on any atom is -0.484 e. The van der Waals surface area contributed by atoms with Gasteiger partial charge in [-0.25, -0.2) is 0 Å². The molecule has 22 heavy (non-hydrogen) atoms. The molecule has 0 amide bonds. The summed E-state index contributed by atoms with van der Waals surface area (Å²) in [5, 5.41) is 9.41. The van der Waals surface area contributed by atoms with Gasteiger partial charge in [-0.15, -0.1) is 10.2 Å². The van der Waals surface area contributed by atoms with Gasteiger partial charge in [0.25, 0.3) is 5.89 Å². The molecule has 0 fully saturated rings. The van der Waals surface area contributed by atoms with E-state index in [1.54, 1.807) is 30.3 Å². The molecule has 112 valence electrons. The van der Waals surface area contributed by atoms with Crippen molar-refractivity contribution < 1.29 is 9.15 Å². The van der Waals surface area contributed by atoms with Crippen LogP contribution in [-0.4, -0.2) is 10.2 Å². The zero-order chi connectivity index (χ0) is 15.5. The van der Waals surface area contributed by atoms with E-state index in [2.05, 4.69) is 10.2 Å². The van der Waals surface area contributed by atoms with Crippen LogP contribution in [0.2, 0.25) is 15.1 Å². The summed E-state index contributed by atoms with van der Waals surface area (Å²) in [4.78, 5) is 0. The molecule has 3 aromatic rings. The molecular formula is C15H9Cl3N2O2. The number of hydrogen-bond donors (Lipinski definition) is 0. The Hall–Kier alpha value is -1.75. The molecule has 0 spiro atoms. The van der Waals surface area contributed by atoms with Crippen molar-refractivity contribution in [2.75, 3.05) is 0 Å². The third kappa shape index (κ3) is 3.53. The minimum atomic E-state index is 0.105. The second-order valence-corrected chi connectivity index (χ2v) is 5.65. The van der Waals surface area contributed by atoms with E-state index in [1.807, 2.05) is 12.1 Å². The molecule has 0 saturated carbocycles. The van der Waals surface area contributed by atoms with Crippen LogP contribution in [0.5, 0.6) is 5.75 Å². The fourth-order valence-electron chi connectivity index (χ4n) is 1.81. The smallest absolute Gasteiger partial charge is 0.254 e. The summed E-state index contributed by atoms with van der Waals surface area (Å²) in [6, 6.07) is 12.2. The van der Waals surface area contributed by atoms with Crippen molar-refractivity contribution in [3.05, 3.63) is 63.4 Å². The summed E-state index contributed by atoms with van der Waals surface area (Å²) < 4.78 is 11.1. The third-order valence-corrected chi connectivity index (χ3v) is 3.54. The Balaban J connectivity index is 1.73. The van der Waals surface area contributed by atoms with E-state index in [0.717, 1.165) is 0 Å². The normalized spacial score (nSPS) is 10.7. The van der Waals surface area contributed by atoms with Crippen LogP contribution in [0, 0.1) is 0 Å². The highest BCUT2D eigenvalue weighted by atomic mass is 35.5. The summed E-state index contributed by atoms with van der Waals surface area (Å²) in [6.07, 6.45) is 0. The van der Waals surface area contributed by atoms with Gasteiger partial charge in [0, 0.05) is 10.0 Å². The van der Waals surface area contributed by atoms with Crippen molar-refractivity contribution in [2.45, 2.75) is 6.61 Å². The van der Waals surface area contributed by atoms with Gasteiger partial charge in [-0.1, -0.05) is 46.9 Å². The maximum atomic E-state index is 6.09. The first kappa shape index (κ1) is 15.2. The van der Waals surface area contributed by atoms with Crippen molar-refractivity contribution in [2.24, 2.45) is 0 Å². The molecule has 2 aromatic carbocycles. The molecule has 1 aromatic heterocycles. The molecule has 0 N–H and O–H groups in total. The number of halogens is 3. The Kier molecular flexibility index (Phi) is 4.52. The van der Waals surface area contributed by atoms with Crippen LogP contribution in [0.1, 0.15) is 5.89 Å². The zero-order valence-electron chi connectivity index (χ0n) is 11.1. The van der Waals surface area contributed by atoms with Crippen LogP contribution in [0.3, 0.4) is 0 Å². The Morgan fingerprint density at radius 3 is 2.41 bits per heavy atom. The van der Waals surface area contributed by atoms with Gasteiger partial charge in [-0.2, -0.15) is 0 Å². The monoisotopic (exact) mass is 354 g/mol. The third-order valence-electron chi connectivity index (χ3n) is 2.77. The second kappa shape index (κ2) is 6.57. The SMILES string of the molecule is Clc1cc(Cl)cc(OCc2nnc(-c3ccccc3Cl)o2)c1. The first-order valence-corrected chi connectivity index (χ1v) is 7.41. The largest absolute Gasteiger partial charge is 0.484 e. The van der Waals surface area contributed by atoms with Crippen molar-refractivity contribution >= 4 is 34.8 Å². The van der Waals surface area contributed by atoms with Crippen molar-refractivity contribution in [3.8, 4) is 17.2 Å². The van der Waals surface area contributed by atoms with E-state index in [4.69, 9.17) is 44.0 Å². The lowest BCUT2D eigenvalue weighted by Gasteiger charge is -2.04. The highest BCUT2D eigenvalue weighted by Crippen LogP contribution is 2.27. The van der Waals surface area contributed by atoms with E-state index >= 15 is 0 Å². The number of ether oxygens (including phenoxy) is 1. The minimum absolute atomic E-state index is 0.105. The van der Waals surface area contributed by atoms with E-state index in [1.165, 1.54) is 0 Å². The molecule has 3 rings (SSSR count). The van der Waals surface area contributed by atoms with Gasteiger partial charge in [0.15, 0.2) is 6.61 Å². The molecule has 0 atom stereocenters. The highest BCUT2D eigenvalue weighted by Gasteiger charge is 2.12. The Morgan fingerprint density at radius 2 is 1.68 bits per heavy atom. The van der Waals surface area contributed by atoms with Gasteiger partial charge in [-0.3, -0.25) is 0 Å². The predicted molar refractivity (Wildman–Crippen MR) is 85.5 cm³/mol. The maximum absolute atomic E-state index is 6.09. The molecule has 4 nitrogen and oxygen atoms in total. The molecule has 7 heteroatoms. The van der Waals surface area contributed by atoms with Gasteiger partial charge >= 0.3 is 0 Å². The van der Waals surface area contributed by atoms with Crippen LogP contribution in [0.4, 0.5) is 0 Å². The molecule has 0 aliphatic carbocycles. The lowest BCUT2D eigenvalue weighted by atomic mass is 10.2. The molecule has 0 aliphatic rings. The fraction of sp³-hybridized carbons (Fsp3) is 0.0667. The molecule has 0 bridgehead atoms. The Labute approximate surface area is 141 Å². The highest BCUT2D eigenvalue weighted by molar-refractivity contribution is 6.34. The second-order valence-electron chi connectivity index (χ2n) is 4.37. The van der Waals surface area contributed by atoms with Gasteiger partial charge in [0.1, 0.15) is 5.75 Å². The van der Waals surface area contributed by atoms with Crippen LogP contribution >= 0.6 is 34.8 Å². The average molecular weight is 356 g/mol. The number of aromatic nitrogens is 2. The van der Waals surface area contributed by atoms with Crippen molar-refractivity contribution in [1.29, 1.82) is 0 Å². The zero-order valence-corrected chi connectivity index (χ0v) is 13.4. The summed E-state index contributed by atoms with van der Waals surface area (Å²) in [6.45, 7) is 0.105. The number of nitrogens with zero attached hydrogens (tertiary/aromatic N) is 2. The summed E-state index contributed by atoms with van der Waals surface area (Å²) in [5.74, 6) is 1.19. The van der Waals surface area contributed by atoms with Gasteiger partial charge in [0.05, 0.1) is 10.6 Å². The maximum Gasteiger partial charge on any atom is 0.254 e. The summed E-state index contributed by atoms with van der Waals surface area (Å²) in [5.41, 5.74) is 0.675. The van der Waals surface area contributed by atoms with E-state index in [9.17, 15) is 0 Å². The van der Waals surface area contributed by atoms with Crippen molar-refractivity contribution in [1.82, 2.24) is 10.2 Å². The quantitative estimate of drug-likeness (QED) is 0.639. The molecule has 1 heterocycles. The summed E-state index contributed by atoms with van der Waals surface area (Å²) in [7, 11) is 0. The van der Waals surface area contributed by atoms with Gasteiger partial charge < -0.3 is 9.15 Å². The number of benzene rings is 2. The van der Waals surface area contributed by atoms with E-state index in [0.29, 0.717) is 38.2 Å². The predicted octanol–water partition coefficient (Wildman–Crippen LogP) is 5.28. The van der Waals surface area contributed by atoms with Crippen LogP contribution in [0.25, 0.3) is 11.5 Å². The van der Waals surface area contributed by atoms with Crippen LogP contribution in [-0.2, 0) is 6.61 Å². The summed E-state index contributed by atoms with van der Waals surface area (Å²) >= 11 is 17.9. The standard InChI is InChI=1S/C15H9Cl3N2O2/c16-9-5-10(17)7-11(6-9)21-8-14-19-20-15(22-14)12-3-1-2-4-13(12)18/h1-7H,8H2. The molecule has 0 aliphatic heterocycles. The van der Waals surface area contributed by atoms with Crippen LogP contribution in [0.15, 0.2) is 46.9 Å². The van der Waals surface area contributed by atoms with Crippen LogP contribution < -0.4 is 4.74 Å². The molecule has 0 unspecified atom stereocenters. The lowest BCUT2D eigenvalue weighted by molar-refractivity contribution is 0.264. The Morgan fingerprint density at radius 1 is 0.955 bits per heavy atom. The lowest BCUT2D eigenvalue weighted by Crippen LogP contribution is -1.95. The number of rotatable bonds is 4. The van der Waals surface area contributed by atoms with Crippen molar-refractivity contribution in [3.63, 3.8) is 0 Å². The number of hydrogen-bond acceptors (Lipinski definition) is 4. The fourth-order valence-corrected chi connectivity index (χ4v) is 2.53. The first-order valence-electron chi connectivity index (χ1n) is 6.28. The molecule has 0 saturated heterocycles. The average Bonchev–Trinajstić information content (AvgIpc) is 2.93. The van der Waals surface area contributed by atoms with Gasteiger partial charge in [-0.05, 0) is 30.3 Å². The Bertz CT molecular complexity index is 785. The molecular weight excluding hydrogens is 347 g/mol. The first-order chi connectivity index (χ1) is 10.6. The molecule has 0 radical (unpaired) electrons. The van der Waals surface area contributed by atoms with Gasteiger partial charge in [0.2, 0.25) is 5.89 Å². The van der Waals surface area contributed by atoms with E-state index < -0.39 is 0 Å². The topological polar surface area (TPSA) is 48.2 Å². The van der Waals surface area contributed by atoms with E-state index in [-0.39, 0.29) is 6.61 Å².